The molecule has 3 aromatic rings. The Morgan fingerprint density at radius 1 is 1.50 bits per heavy atom. The lowest BCUT2D eigenvalue weighted by molar-refractivity contribution is -0.141. The summed E-state index contributed by atoms with van der Waals surface area (Å²) < 4.78 is 18.9. The molecule has 0 spiro atoms. The van der Waals surface area contributed by atoms with Crippen LogP contribution in [0.3, 0.4) is 0 Å². The number of esters is 1. The molecule has 2 aromatic heterocycles. The molecular formula is C13H10FN3O3. The van der Waals surface area contributed by atoms with Crippen LogP contribution in [0.15, 0.2) is 29.3 Å². The Balaban J connectivity index is 2.25. The zero-order chi connectivity index (χ0) is 14.3. The third kappa shape index (κ3) is 1.83. The van der Waals surface area contributed by atoms with Gasteiger partial charge < -0.3 is 9.72 Å². The Morgan fingerprint density at radius 2 is 2.30 bits per heavy atom. The number of methoxy groups -OCH3 is 1. The highest BCUT2D eigenvalue weighted by Crippen LogP contribution is 2.21. The van der Waals surface area contributed by atoms with Crippen LogP contribution in [0, 0.1) is 5.82 Å². The number of rotatable bonds is 2. The third-order valence-electron chi connectivity index (χ3n) is 3.06. The predicted molar refractivity (Wildman–Crippen MR) is 69.8 cm³/mol. The van der Waals surface area contributed by atoms with E-state index >= 15 is 0 Å². The van der Waals surface area contributed by atoms with Crippen LogP contribution in [-0.2, 0) is 16.1 Å². The fourth-order valence-corrected chi connectivity index (χ4v) is 2.08. The molecule has 0 fully saturated rings. The van der Waals surface area contributed by atoms with Crippen molar-refractivity contribution in [2.75, 3.05) is 7.11 Å². The number of H-pyrrole nitrogens is 1. The van der Waals surface area contributed by atoms with Crippen LogP contribution >= 0.6 is 0 Å². The molecule has 0 aliphatic carbocycles. The van der Waals surface area contributed by atoms with Gasteiger partial charge in [-0.3, -0.25) is 14.2 Å². The number of benzene rings is 1. The van der Waals surface area contributed by atoms with Crippen LogP contribution in [0.5, 0.6) is 0 Å². The van der Waals surface area contributed by atoms with Gasteiger partial charge in [0, 0.05) is 10.9 Å². The minimum Gasteiger partial charge on any atom is -0.468 e. The fourth-order valence-electron chi connectivity index (χ4n) is 2.08. The molecule has 0 aliphatic heterocycles. The van der Waals surface area contributed by atoms with Gasteiger partial charge in [0.2, 0.25) is 0 Å². The summed E-state index contributed by atoms with van der Waals surface area (Å²) in [7, 11) is 1.24. The zero-order valence-corrected chi connectivity index (χ0v) is 10.5. The van der Waals surface area contributed by atoms with E-state index in [1.54, 1.807) is 0 Å². The molecule has 2 heterocycles. The molecule has 7 heteroatoms. The first-order valence-corrected chi connectivity index (χ1v) is 5.83. The molecule has 1 aromatic carbocycles. The van der Waals surface area contributed by atoms with Crippen LogP contribution in [0.1, 0.15) is 0 Å². The number of carbonyl (C=O) groups is 1. The lowest BCUT2D eigenvalue weighted by Crippen LogP contribution is -2.25. The second kappa shape index (κ2) is 4.44. The molecule has 0 aliphatic rings. The van der Waals surface area contributed by atoms with E-state index < -0.39 is 17.3 Å². The van der Waals surface area contributed by atoms with Crippen molar-refractivity contribution < 1.29 is 13.9 Å². The zero-order valence-electron chi connectivity index (χ0n) is 10.5. The number of carbonyl (C=O) groups excluding carboxylic acids is 1. The molecule has 6 nitrogen and oxygen atoms in total. The fraction of sp³-hybridized carbons (Fsp3) is 0.154. The van der Waals surface area contributed by atoms with Crippen molar-refractivity contribution in [3.8, 4) is 0 Å². The number of ether oxygens (including phenoxy) is 1. The summed E-state index contributed by atoms with van der Waals surface area (Å²) in [6, 6.07) is 4.15. The van der Waals surface area contributed by atoms with Crippen molar-refractivity contribution in [1.82, 2.24) is 14.5 Å². The normalized spacial score (nSPS) is 11.1. The van der Waals surface area contributed by atoms with Gasteiger partial charge in [0.1, 0.15) is 23.4 Å². The summed E-state index contributed by atoms with van der Waals surface area (Å²) in [5.41, 5.74) is 0.821. The maximum Gasteiger partial charge on any atom is 0.325 e. The highest BCUT2D eigenvalue weighted by atomic mass is 19.1. The van der Waals surface area contributed by atoms with Crippen molar-refractivity contribution in [3.63, 3.8) is 0 Å². The summed E-state index contributed by atoms with van der Waals surface area (Å²) in [6.07, 6.45) is 1.25. The van der Waals surface area contributed by atoms with Crippen LogP contribution in [0.4, 0.5) is 4.39 Å². The molecule has 0 saturated carbocycles. The van der Waals surface area contributed by atoms with Crippen molar-refractivity contribution in [3.05, 3.63) is 40.7 Å². The Bertz CT molecular complexity index is 882. The molecule has 0 unspecified atom stereocenters. The number of nitrogens with one attached hydrogen (secondary N) is 1. The number of nitrogens with zero attached hydrogens (tertiary/aromatic N) is 2. The van der Waals surface area contributed by atoms with E-state index in [2.05, 4.69) is 14.7 Å². The lowest BCUT2D eigenvalue weighted by atomic mass is 10.2. The summed E-state index contributed by atoms with van der Waals surface area (Å²) in [5.74, 6) is -0.950. The summed E-state index contributed by atoms with van der Waals surface area (Å²) >= 11 is 0. The number of aromatic amines is 1. The Morgan fingerprint density at radius 3 is 3.05 bits per heavy atom. The minimum absolute atomic E-state index is 0.220. The molecule has 0 atom stereocenters. The van der Waals surface area contributed by atoms with Crippen LogP contribution in [0.2, 0.25) is 0 Å². The van der Waals surface area contributed by atoms with Crippen molar-refractivity contribution in [2.45, 2.75) is 6.54 Å². The molecule has 102 valence electrons. The maximum atomic E-state index is 13.3. The summed E-state index contributed by atoms with van der Waals surface area (Å²) in [6.45, 7) is -0.220. The van der Waals surface area contributed by atoms with E-state index in [0.29, 0.717) is 16.4 Å². The molecule has 3 rings (SSSR count). The quantitative estimate of drug-likeness (QED) is 0.713. The number of aromatic nitrogens is 3. The van der Waals surface area contributed by atoms with E-state index in [1.165, 1.54) is 31.6 Å². The van der Waals surface area contributed by atoms with E-state index in [1.807, 2.05) is 0 Å². The highest BCUT2D eigenvalue weighted by molar-refractivity contribution is 6.04. The Hall–Kier alpha value is -2.70. The molecular weight excluding hydrogens is 265 g/mol. The van der Waals surface area contributed by atoms with Crippen LogP contribution in [0.25, 0.3) is 21.9 Å². The highest BCUT2D eigenvalue weighted by Gasteiger charge is 2.13. The molecule has 0 bridgehead atoms. The molecule has 0 saturated heterocycles. The number of halogens is 1. The largest absolute Gasteiger partial charge is 0.468 e. The molecule has 1 N–H and O–H groups in total. The smallest absolute Gasteiger partial charge is 0.325 e. The van der Waals surface area contributed by atoms with E-state index in [0.717, 1.165) is 4.57 Å². The number of hydrogen-bond acceptors (Lipinski definition) is 4. The van der Waals surface area contributed by atoms with Crippen LogP contribution in [-0.4, -0.2) is 27.6 Å². The van der Waals surface area contributed by atoms with Gasteiger partial charge in [-0.1, -0.05) is 0 Å². The second-order valence-corrected chi connectivity index (χ2v) is 4.29. The Kier molecular flexibility index (Phi) is 2.74. The summed E-state index contributed by atoms with van der Waals surface area (Å²) in [5, 5.41) is 0.530. The minimum atomic E-state index is -0.546. The first-order valence-electron chi connectivity index (χ1n) is 5.83. The maximum absolute atomic E-state index is 13.3. The van der Waals surface area contributed by atoms with Crippen LogP contribution < -0.4 is 5.56 Å². The first-order chi connectivity index (χ1) is 9.60. The van der Waals surface area contributed by atoms with Gasteiger partial charge >= 0.3 is 5.97 Å². The van der Waals surface area contributed by atoms with Gasteiger partial charge in [0.15, 0.2) is 0 Å². The topological polar surface area (TPSA) is 77.0 Å². The predicted octanol–water partition coefficient (Wildman–Crippen LogP) is 1.19. The Labute approximate surface area is 111 Å². The third-order valence-corrected chi connectivity index (χ3v) is 3.06. The van der Waals surface area contributed by atoms with Gasteiger partial charge in [0.05, 0.1) is 13.4 Å². The average Bonchev–Trinajstić information content (AvgIpc) is 2.80. The van der Waals surface area contributed by atoms with Crippen molar-refractivity contribution in [1.29, 1.82) is 0 Å². The monoisotopic (exact) mass is 275 g/mol. The van der Waals surface area contributed by atoms with Gasteiger partial charge in [-0.15, -0.1) is 0 Å². The van der Waals surface area contributed by atoms with E-state index in [-0.39, 0.29) is 12.1 Å². The van der Waals surface area contributed by atoms with E-state index in [4.69, 9.17) is 0 Å². The lowest BCUT2D eigenvalue weighted by Gasteiger charge is -2.02. The standard InChI is InChI=1S/C13H10FN3O3/c1-20-10(18)5-17-6-15-11-8-4-7(14)2-3-9(8)16-12(11)13(17)19/h2-4,6,16H,5H2,1H3. The van der Waals surface area contributed by atoms with Gasteiger partial charge in [-0.05, 0) is 18.2 Å². The van der Waals surface area contributed by atoms with Crippen molar-refractivity contribution in [2.24, 2.45) is 0 Å². The first kappa shape index (κ1) is 12.3. The average molecular weight is 275 g/mol. The van der Waals surface area contributed by atoms with Crippen molar-refractivity contribution >= 4 is 27.9 Å². The number of hydrogen-bond donors (Lipinski definition) is 1. The van der Waals surface area contributed by atoms with Gasteiger partial charge in [0.25, 0.3) is 5.56 Å². The SMILES string of the molecule is COC(=O)Cn1cnc2c([nH]c3ccc(F)cc32)c1=O. The summed E-state index contributed by atoms with van der Waals surface area (Å²) in [4.78, 5) is 30.4. The van der Waals surface area contributed by atoms with Gasteiger partial charge in [-0.25, -0.2) is 9.37 Å². The van der Waals surface area contributed by atoms with E-state index in [9.17, 15) is 14.0 Å². The molecule has 0 amide bonds. The molecule has 20 heavy (non-hydrogen) atoms. The van der Waals surface area contributed by atoms with Gasteiger partial charge in [-0.2, -0.15) is 0 Å². The second-order valence-electron chi connectivity index (χ2n) is 4.29. The number of fused-ring (bicyclic) bond motifs is 3. The molecule has 0 radical (unpaired) electrons.